The van der Waals surface area contributed by atoms with Crippen molar-refractivity contribution in [3.05, 3.63) is 0 Å². The highest BCUT2D eigenvalue weighted by molar-refractivity contribution is 7.99. The fourth-order valence-electron chi connectivity index (χ4n) is 2.34. The first-order valence-corrected chi connectivity index (χ1v) is 6.96. The zero-order chi connectivity index (χ0) is 10.7. The number of rotatable bonds is 1. The number of nitrogens with zero attached hydrogens (tertiary/aromatic N) is 1. The Kier molecular flexibility index (Phi) is 3.57. The second-order valence-electron chi connectivity index (χ2n) is 4.72. The molecule has 2 aliphatic rings. The van der Waals surface area contributed by atoms with Gasteiger partial charge in [0.1, 0.15) is 0 Å². The van der Waals surface area contributed by atoms with Crippen molar-refractivity contribution in [2.75, 3.05) is 37.7 Å². The van der Waals surface area contributed by atoms with Crippen molar-refractivity contribution in [1.82, 2.24) is 10.2 Å². The Morgan fingerprint density at radius 1 is 1.27 bits per heavy atom. The van der Waals surface area contributed by atoms with E-state index in [4.69, 9.17) is 0 Å². The number of piperidine rings is 1. The fraction of sp³-hybridized carbons (Fsp3) is 0.909. The summed E-state index contributed by atoms with van der Waals surface area (Å²) in [7, 11) is 0. The van der Waals surface area contributed by atoms with Gasteiger partial charge < -0.3 is 10.2 Å². The molecule has 2 fully saturated rings. The van der Waals surface area contributed by atoms with E-state index in [9.17, 15) is 4.79 Å². The van der Waals surface area contributed by atoms with Gasteiger partial charge in [-0.15, -0.1) is 0 Å². The van der Waals surface area contributed by atoms with Crippen molar-refractivity contribution in [3.63, 3.8) is 0 Å². The molecule has 0 saturated carbocycles. The summed E-state index contributed by atoms with van der Waals surface area (Å²) in [6, 6.07) is 0. The summed E-state index contributed by atoms with van der Waals surface area (Å²) >= 11 is 1.96. The van der Waals surface area contributed by atoms with Gasteiger partial charge in [0.15, 0.2) is 0 Å². The van der Waals surface area contributed by atoms with Gasteiger partial charge in [-0.05, 0) is 25.9 Å². The van der Waals surface area contributed by atoms with Crippen LogP contribution < -0.4 is 5.32 Å². The molecule has 2 aliphatic heterocycles. The van der Waals surface area contributed by atoms with Gasteiger partial charge in [-0.3, -0.25) is 4.79 Å². The summed E-state index contributed by atoms with van der Waals surface area (Å²) in [5.41, 5.74) is -0.0900. The third-order valence-electron chi connectivity index (χ3n) is 3.52. The number of thioether (sulfide) groups is 1. The van der Waals surface area contributed by atoms with Crippen molar-refractivity contribution in [3.8, 4) is 0 Å². The highest BCUT2D eigenvalue weighted by Crippen LogP contribution is 2.31. The molecule has 0 aromatic carbocycles. The lowest BCUT2D eigenvalue weighted by Gasteiger charge is -2.38. The smallest absolute Gasteiger partial charge is 0.228 e. The first-order chi connectivity index (χ1) is 7.22. The molecule has 0 aromatic rings. The van der Waals surface area contributed by atoms with Crippen LogP contribution >= 0.6 is 11.8 Å². The number of carbonyl (C=O) groups is 1. The van der Waals surface area contributed by atoms with Gasteiger partial charge in [-0.25, -0.2) is 0 Å². The van der Waals surface area contributed by atoms with Gasteiger partial charge in [-0.1, -0.05) is 6.92 Å². The van der Waals surface area contributed by atoms with E-state index in [1.165, 1.54) is 0 Å². The summed E-state index contributed by atoms with van der Waals surface area (Å²) in [5, 5.41) is 3.32. The standard InChI is InChI=1S/C11H20N2OS/c1-11(2-4-12-5-3-11)10(14)13-6-8-15-9-7-13/h12H,2-9H2,1H3. The van der Waals surface area contributed by atoms with Crippen LogP contribution in [0.4, 0.5) is 0 Å². The molecule has 0 aromatic heterocycles. The fourth-order valence-corrected chi connectivity index (χ4v) is 3.24. The molecule has 0 radical (unpaired) electrons. The van der Waals surface area contributed by atoms with E-state index in [1.807, 2.05) is 11.8 Å². The quantitative estimate of drug-likeness (QED) is 0.725. The monoisotopic (exact) mass is 228 g/mol. The third kappa shape index (κ3) is 2.48. The molecule has 0 atom stereocenters. The van der Waals surface area contributed by atoms with Crippen molar-refractivity contribution in [2.24, 2.45) is 5.41 Å². The zero-order valence-electron chi connectivity index (χ0n) is 9.42. The van der Waals surface area contributed by atoms with E-state index >= 15 is 0 Å². The Morgan fingerprint density at radius 2 is 1.87 bits per heavy atom. The average molecular weight is 228 g/mol. The van der Waals surface area contributed by atoms with Crippen LogP contribution in [-0.2, 0) is 4.79 Å². The van der Waals surface area contributed by atoms with Crippen molar-refractivity contribution in [2.45, 2.75) is 19.8 Å². The summed E-state index contributed by atoms with van der Waals surface area (Å²) in [4.78, 5) is 14.4. The minimum absolute atomic E-state index is 0.0900. The Bertz CT molecular complexity index is 233. The number of hydrogen-bond donors (Lipinski definition) is 1. The van der Waals surface area contributed by atoms with Crippen molar-refractivity contribution < 1.29 is 4.79 Å². The SMILES string of the molecule is CC1(C(=O)N2CCSCC2)CCNCC1. The minimum atomic E-state index is -0.0900. The highest BCUT2D eigenvalue weighted by Gasteiger charge is 2.37. The van der Waals surface area contributed by atoms with Crippen LogP contribution in [0.1, 0.15) is 19.8 Å². The predicted molar refractivity (Wildman–Crippen MR) is 64.1 cm³/mol. The largest absolute Gasteiger partial charge is 0.341 e. The molecule has 0 aliphatic carbocycles. The van der Waals surface area contributed by atoms with Crippen LogP contribution in [0.3, 0.4) is 0 Å². The molecule has 0 bridgehead atoms. The molecule has 1 N–H and O–H groups in total. The van der Waals surface area contributed by atoms with E-state index in [2.05, 4.69) is 17.1 Å². The topological polar surface area (TPSA) is 32.3 Å². The van der Waals surface area contributed by atoms with Crippen LogP contribution in [0.15, 0.2) is 0 Å². The van der Waals surface area contributed by atoms with Gasteiger partial charge >= 0.3 is 0 Å². The highest BCUT2D eigenvalue weighted by atomic mass is 32.2. The molecular weight excluding hydrogens is 208 g/mol. The van der Waals surface area contributed by atoms with Gasteiger partial charge in [0.25, 0.3) is 0 Å². The third-order valence-corrected chi connectivity index (χ3v) is 4.46. The summed E-state index contributed by atoms with van der Waals surface area (Å²) in [5.74, 6) is 2.62. The first kappa shape index (κ1) is 11.3. The van der Waals surface area contributed by atoms with Crippen LogP contribution in [0.2, 0.25) is 0 Å². The van der Waals surface area contributed by atoms with Crippen LogP contribution in [0.5, 0.6) is 0 Å². The Morgan fingerprint density at radius 3 is 2.47 bits per heavy atom. The minimum Gasteiger partial charge on any atom is -0.341 e. The van der Waals surface area contributed by atoms with Crippen LogP contribution in [-0.4, -0.2) is 48.5 Å². The van der Waals surface area contributed by atoms with Crippen LogP contribution in [0.25, 0.3) is 0 Å². The maximum atomic E-state index is 12.4. The maximum absolute atomic E-state index is 12.4. The average Bonchev–Trinajstić information content (AvgIpc) is 2.30. The van der Waals surface area contributed by atoms with Crippen molar-refractivity contribution >= 4 is 17.7 Å². The summed E-state index contributed by atoms with van der Waals surface area (Å²) in [6.45, 7) is 6.02. The molecular formula is C11H20N2OS. The molecule has 2 rings (SSSR count). The second kappa shape index (κ2) is 4.74. The maximum Gasteiger partial charge on any atom is 0.228 e. The van der Waals surface area contributed by atoms with E-state index in [0.717, 1.165) is 50.5 Å². The van der Waals surface area contributed by atoms with Gasteiger partial charge in [0.2, 0.25) is 5.91 Å². The number of hydrogen-bond acceptors (Lipinski definition) is 3. The molecule has 2 saturated heterocycles. The molecule has 1 amide bonds. The van der Waals surface area contributed by atoms with Gasteiger partial charge in [0.05, 0.1) is 0 Å². The lowest BCUT2D eigenvalue weighted by molar-refractivity contribution is -0.142. The molecule has 4 heteroatoms. The number of nitrogens with one attached hydrogen (secondary N) is 1. The lowest BCUT2D eigenvalue weighted by Crippen LogP contribution is -2.50. The molecule has 2 heterocycles. The summed E-state index contributed by atoms with van der Waals surface area (Å²) < 4.78 is 0. The molecule has 3 nitrogen and oxygen atoms in total. The number of carbonyl (C=O) groups excluding carboxylic acids is 1. The molecule has 0 unspecified atom stereocenters. The predicted octanol–water partition coefficient (Wildman–Crippen LogP) is 0.952. The summed E-state index contributed by atoms with van der Waals surface area (Å²) in [6.07, 6.45) is 1.99. The van der Waals surface area contributed by atoms with E-state index in [-0.39, 0.29) is 5.41 Å². The second-order valence-corrected chi connectivity index (χ2v) is 5.94. The Balaban J connectivity index is 1.98. The first-order valence-electron chi connectivity index (χ1n) is 5.80. The molecule has 0 spiro atoms. The molecule has 15 heavy (non-hydrogen) atoms. The lowest BCUT2D eigenvalue weighted by atomic mass is 9.79. The molecule has 86 valence electrons. The Hall–Kier alpha value is -0.220. The normalized spacial score (nSPS) is 26.3. The Labute approximate surface area is 96.0 Å². The van der Waals surface area contributed by atoms with E-state index in [1.54, 1.807) is 0 Å². The van der Waals surface area contributed by atoms with E-state index in [0.29, 0.717) is 5.91 Å². The van der Waals surface area contributed by atoms with Crippen LogP contribution in [0, 0.1) is 5.41 Å². The van der Waals surface area contributed by atoms with Crippen molar-refractivity contribution in [1.29, 1.82) is 0 Å². The number of amides is 1. The van der Waals surface area contributed by atoms with E-state index < -0.39 is 0 Å². The van der Waals surface area contributed by atoms with Gasteiger partial charge in [0, 0.05) is 30.0 Å². The zero-order valence-corrected chi connectivity index (χ0v) is 10.2. The van der Waals surface area contributed by atoms with Gasteiger partial charge in [-0.2, -0.15) is 11.8 Å².